The van der Waals surface area contributed by atoms with Crippen molar-refractivity contribution < 1.29 is 22.4 Å². The number of hydrogen-bond acceptors (Lipinski definition) is 5. The fraction of sp³-hybridized carbons (Fsp3) is 0.231. The average Bonchev–Trinajstić information content (AvgIpc) is 3.28. The number of hydrogen-bond donors (Lipinski definition) is 2. The van der Waals surface area contributed by atoms with Crippen molar-refractivity contribution in [2.75, 3.05) is 16.8 Å². The first kappa shape index (κ1) is 24.4. The number of nitrogens with one attached hydrogen (secondary N) is 2. The Morgan fingerprint density at radius 1 is 1.19 bits per heavy atom. The largest absolute Gasteiger partial charge is 0.392 e. The molecule has 37 heavy (non-hydrogen) atoms. The Labute approximate surface area is 208 Å². The highest BCUT2D eigenvalue weighted by Crippen LogP contribution is 2.35. The predicted octanol–water partition coefficient (Wildman–Crippen LogP) is 5.35. The number of anilines is 3. The molecule has 1 atom stereocenters. The summed E-state index contributed by atoms with van der Waals surface area (Å²) in [6.45, 7) is 1.27. The molecular formula is C26H21F4N5O2. The van der Waals surface area contributed by atoms with E-state index < -0.39 is 30.2 Å². The van der Waals surface area contributed by atoms with Gasteiger partial charge in [-0.25, -0.2) is 14.4 Å². The smallest absolute Gasteiger partial charge is 0.338 e. The van der Waals surface area contributed by atoms with Crippen molar-refractivity contribution in [2.24, 2.45) is 5.92 Å². The van der Waals surface area contributed by atoms with Gasteiger partial charge in [-0.15, -0.1) is 0 Å². The zero-order chi connectivity index (χ0) is 26.3. The van der Waals surface area contributed by atoms with Gasteiger partial charge in [0.1, 0.15) is 0 Å². The molecule has 4 aromatic rings. The summed E-state index contributed by atoms with van der Waals surface area (Å²) in [5.74, 6) is -2.82. The summed E-state index contributed by atoms with van der Waals surface area (Å²) >= 11 is 0. The molecule has 7 nitrogen and oxygen atoms in total. The summed E-state index contributed by atoms with van der Waals surface area (Å²) in [4.78, 5) is 36.8. The highest BCUT2D eigenvalue weighted by Gasteiger charge is 2.39. The summed E-state index contributed by atoms with van der Waals surface area (Å²) in [5, 5.41) is 4.08. The Morgan fingerprint density at radius 2 is 2.00 bits per heavy atom. The minimum absolute atomic E-state index is 0.0624. The van der Waals surface area contributed by atoms with Crippen molar-refractivity contribution in [3.05, 3.63) is 76.6 Å². The van der Waals surface area contributed by atoms with Crippen LogP contribution in [-0.4, -0.2) is 33.6 Å². The maximum Gasteiger partial charge on any atom is 0.392 e. The molecule has 5 rings (SSSR count). The predicted molar refractivity (Wildman–Crippen MR) is 131 cm³/mol. The summed E-state index contributed by atoms with van der Waals surface area (Å²) in [7, 11) is 0. The number of H-pyrrole nitrogens is 1. The van der Waals surface area contributed by atoms with Gasteiger partial charge in [0.05, 0.1) is 12.1 Å². The monoisotopic (exact) mass is 511 g/mol. The van der Waals surface area contributed by atoms with E-state index in [1.54, 1.807) is 42.5 Å². The molecule has 2 N–H and O–H groups in total. The van der Waals surface area contributed by atoms with E-state index in [9.17, 15) is 27.2 Å². The van der Waals surface area contributed by atoms with Crippen molar-refractivity contribution in [1.82, 2.24) is 15.0 Å². The fourth-order valence-corrected chi connectivity index (χ4v) is 4.29. The van der Waals surface area contributed by atoms with Crippen LogP contribution in [-0.2, 0) is 11.2 Å². The van der Waals surface area contributed by atoms with E-state index >= 15 is 0 Å². The van der Waals surface area contributed by atoms with Crippen LogP contribution in [0.15, 0.2) is 59.7 Å². The zero-order valence-corrected chi connectivity index (χ0v) is 19.6. The van der Waals surface area contributed by atoms with Crippen LogP contribution in [0.5, 0.6) is 0 Å². The molecule has 1 aliphatic rings. The SMILES string of the molecule is CC(CC(=O)N1CCc2cc(-c3ncc(F)c(Nc4ccc5c(=O)[nH]ccc5c4)n3)ccc21)C(F)(F)F. The first-order valence-corrected chi connectivity index (χ1v) is 11.5. The van der Waals surface area contributed by atoms with Gasteiger partial charge < -0.3 is 15.2 Å². The molecule has 1 unspecified atom stereocenters. The van der Waals surface area contributed by atoms with E-state index in [0.717, 1.165) is 18.7 Å². The van der Waals surface area contributed by atoms with Crippen LogP contribution in [0.4, 0.5) is 34.8 Å². The molecule has 0 fully saturated rings. The van der Waals surface area contributed by atoms with Gasteiger partial charge in [0.2, 0.25) is 5.91 Å². The van der Waals surface area contributed by atoms with Gasteiger partial charge >= 0.3 is 6.18 Å². The summed E-state index contributed by atoms with van der Waals surface area (Å²) < 4.78 is 53.2. The van der Waals surface area contributed by atoms with E-state index in [1.807, 2.05) is 0 Å². The third-order valence-corrected chi connectivity index (χ3v) is 6.35. The quantitative estimate of drug-likeness (QED) is 0.353. The lowest BCUT2D eigenvalue weighted by atomic mass is 10.1. The number of rotatable bonds is 5. The molecule has 1 amide bonds. The van der Waals surface area contributed by atoms with E-state index in [-0.39, 0.29) is 23.7 Å². The van der Waals surface area contributed by atoms with Crippen molar-refractivity contribution in [3.8, 4) is 11.4 Å². The zero-order valence-electron chi connectivity index (χ0n) is 19.6. The lowest BCUT2D eigenvalue weighted by Crippen LogP contribution is -2.33. The van der Waals surface area contributed by atoms with E-state index in [2.05, 4.69) is 20.3 Å². The molecule has 11 heteroatoms. The Kier molecular flexibility index (Phi) is 6.14. The number of aromatic amines is 1. The van der Waals surface area contributed by atoms with Gasteiger partial charge in [0.25, 0.3) is 5.56 Å². The minimum atomic E-state index is -4.43. The van der Waals surface area contributed by atoms with Crippen LogP contribution in [0.1, 0.15) is 18.9 Å². The van der Waals surface area contributed by atoms with Gasteiger partial charge in [-0.05, 0) is 59.8 Å². The summed E-state index contributed by atoms with van der Waals surface area (Å²) in [6, 6.07) is 11.7. The molecule has 2 aromatic carbocycles. The number of benzene rings is 2. The Balaban J connectivity index is 1.38. The molecule has 0 spiro atoms. The second kappa shape index (κ2) is 9.30. The van der Waals surface area contributed by atoms with Crippen LogP contribution in [0.25, 0.3) is 22.2 Å². The third-order valence-electron chi connectivity index (χ3n) is 6.35. The topological polar surface area (TPSA) is 91.0 Å². The Bertz CT molecular complexity index is 1570. The van der Waals surface area contributed by atoms with Gasteiger partial charge in [-0.2, -0.15) is 13.2 Å². The number of carbonyl (C=O) groups excluding carboxylic acids is 1. The average molecular weight is 511 g/mol. The number of nitrogens with zero attached hydrogens (tertiary/aromatic N) is 3. The molecule has 1 aliphatic heterocycles. The third kappa shape index (κ3) is 4.89. The van der Waals surface area contributed by atoms with Gasteiger partial charge in [0.15, 0.2) is 17.5 Å². The standard InChI is InChI=1S/C26H21F4N5O2/c1-14(26(28,29)30)10-22(36)35-9-7-16-11-17(2-5-21(16)35)23-32-13-20(27)24(34-23)33-18-3-4-19-15(12-18)6-8-31-25(19)37/h2-6,8,11-14H,7,9-10H2,1H3,(H,31,37)(H,32,33,34). The lowest BCUT2D eigenvalue weighted by Gasteiger charge is -2.21. The molecular weight excluding hydrogens is 490 g/mol. The number of fused-ring (bicyclic) bond motifs is 2. The number of alkyl halides is 3. The highest BCUT2D eigenvalue weighted by atomic mass is 19.4. The van der Waals surface area contributed by atoms with Gasteiger partial charge in [0, 0.05) is 41.5 Å². The van der Waals surface area contributed by atoms with Crippen LogP contribution in [0.3, 0.4) is 0 Å². The molecule has 2 aromatic heterocycles. The number of aromatic nitrogens is 3. The van der Waals surface area contributed by atoms with Crippen LogP contribution < -0.4 is 15.8 Å². The van der Waals surface area contributed by atoms with E-state index in [0.29, 0.717) is 34.1 Å². The number of carbonyl (C=O) groups is 1. The molecule has 0 aliphatic carbocycles. The second-order valence-electron chi connectivity index (χ2n) is 8.91. The van der Waals surface area contributed by atoms with Crippen LogP contribution >= 0.6 is 0 Å². The first-order valence-electron chi connectivity index (χ1n) is 11.5. The van der Waals surface area contributed by atoms with Gasteiger partial charge in [-0.3, -0.25) is 9.59 Å². The minimum Gasteiger partial charge on any atom is -0.338 e. The van der Waals surface area contributed by atoms with Crippen LogP contribution in [0, 0.1) is 11.7 Å². The van der Waals surface area contributed by atoms with Crippen molar-refractivity contribution in [2.45, 2.75) is 25.9 Å². The summed E-state index contributed by atoms with van der Waals surface area (Å²) in [6.07, 6.45) is -2.02. The molecule has 190 valence electrons. The van der Waals surface area contributed by atoms with Crippen molar-refractivity contribution in [3.63, 3.8) is 0 Å². The number of pyridine rings is 1. The molecule has 3 heterocycles. The van der Waals surface area contributed by atoms with Crippen molar-refractivity contribution >= 4 is 33.9 Å². The molecule has 0 bridgehead atoms. The lowest BCUT2D eigenvalue weighted by molar-refractivity contribution is -0.173. The Morgan fingerprint density at radius 3 is 2.78 bits per heavy atom. The van der Waals surface area contributed by atoms with Crippen molar-refractivity contribution in [1.29, 1.82) is 0 Å². The maximum atomic E-state index is 14.5. The number of halogens is 4. The molecule has 0 saturated heterocycles. The fourth-order valence-electron chi connectivity index (χ4n) is 4.29. The van der Waals surface area contributed by atoms with Crippen LogP contribution in [0.2, 0.25) is 0 Å². The molecule has 0 saturated carbocycles. The summed E-state index contributed by atoms with van der Waals surface area (Å²) in [5.41, 5.74) is 2.19. The highest BCUT2D eigenvalue weighted by molar-refractivity contribution is 5.96. The Hall–Kier alpha value is -4.28. The van der Waals surface area contributed by atoms with E-state index in [1.165, 1.54) is 11.1 Å². The molecule has 0 radical (unpaired) electrons. The van der Waals surface area contributed by atoms with E-state index in [4.69, 9.17) is 0 Å². The first-order chi connectivity index (χ1) is 17.6. The normalized spacial score (nSPS) is 14.0. The second-order valence-corrected chi connectivity index (χ2v) is 8.91. The number of amides is 1. The van der Waals surface area contributed by atoms with Gasteiger partial charge in [-0.1, -0.05) is 6.92 Å². The maximum absolute atomic E-state index is 14.5.